The summed E-state index contributed by atoms with van der Waals surface area (Å²) in [6.45, 7) is 4.55. The molecule has 2 saturated heterocycles. The van der Waals surface area contributed by atoms with Crippen LogP contribution in [-0.4, -0.2) is 42.8 Å². The van der Waals surface area contributed by atoms with Crippen LogP contribution in [0.15, 0.2) is 42.5 Å². The second kappa shape index (κ2) is 7.16. The Bertz CT molecular complexity index is 530. The van der Waals surface area contributed by atoms with Crippen molar-refractivity contribution in [3.05, 3.63) is 48.0 Å². The maximum Gasteiger partial charge on any atom is 0.0715 e. The molecule has 3 nitrogen and oxygen atoms in total. The first-order valence-corrected chi connectivity index (χ1v) is 8.99. The largest absolute Gasteiger partial charge is 0.394 e. The van der Waals surface area contributed by atoms with Gasteiger partial charge in [0.1, 0.15) is 0 Å². The van der Waals surface area contributed by atoms with E-state index >= 15 is 0 Å². The molecule has 1 aromatic rings. The number of rotatable bonds is 6. The van der Waals surface area contributed by atoms with Crippen molar-refractivity contribution >= 4 is 0 Å². The number of hydrogen-bond acceptors (Lipinski definition) is 3. The lowest BCUT2D eigenvalue weighted by atomic mass is 9.76. The van der Waals surface area contributed by atoms with E-state index in [4.69, 9.17) is 0 Å². The molecule has 126 valence electrons. The van der Waals surface area contributed by atoms with E-state index in [1.165, 1.54) is 5.56 Å². The SMILES string of the molecule is CC/C=C\CC[C@H]1N[C@](CO)(c2ccccc2)[C@H]2CN(C)C[C@@H]12. The highest BCUT2D eigenvalue weighted by atomic mass is 16.3. The van der Waals surface area contributed by atoms with E-state index < -0.39 is 0 Å². The molecule has 0 saturated carbocycles. The molecule has 3 rings (SSSR count). The average molecular weight is 314 g/mol. The molecule has 0 amide bonds. The van der Waals surface area contributed by atoms with Gasteiger partial charge in [-0.05, 0) is 37.8 Å². The van der Waals surface area contributed by atoms with Crippen LogP contribution in [0.2, 0.25) is 0 Å². The minimum Gasteiger partial charge on any atom is -0.394 e. The third-order valence-corrected chi connectivity index (χ3v) is 5.73. The van der Waals surface area contributed by atoms with Crippen molar-refractivity contribution < 1.29 is 5.11 Å². The Kier molecular flexibility index (Phi) is 5.20. The lowest BCUT2D eigenvalue weighted by Gasteiger charge is -2.35. The van der Waals surface area contributed by atoms with Gasteiger partial charge in [-0.1, -0.05) is 49.4 Å². The molecule has 0 bridgehead atoms. The summed E-state index contributed by atoms with van der Waals surface area (Å²) in [7, 11) is 2.21. The number of fused-ring (bicyclic) bond motifs is 1. The Labute approximate surface area is 140 Å². The van der Waals surface area contributed by atoms with Gasteiger partial charge < -0.3 is 15.3 Å². The van der Waals surface area contributed by atoms with E-state index in [0.29, 0.717) is 17.9 Å². The Morgan fingerprint density at radius 1 is 1.26 bits per heavy atom. The molecule has 2 N–H and O–H groups in total. The second-order valence-corrected chi connectivity index (χ2v) is 7.19. The predicted octanol–water partition coefficient (Wildman–Crippen LogP) is 2.77. The molecular weight excluding hydrogens is 284 g/mol. The third kappa shape index (κ3) is 3.10. The summed E-state index contributed by atoms with van der Waals surface area (Å²) in [6, 6.07) is 11.0. The summed E-state index contributed by atoms with van der Waals surface area (Å²) < 4.78 is 0. The van der Waals surface area contributed by atoms with E-state index in [2.05, 4.69) is 66.7 Å². The molecule has 23 heavy (non-hydrogen) atoms. The highest BCUT2D eigenvalue weighted by molar-refractivity contribution is 5.30. The molecule has 3 heteroatoms. The van der Waals surface area contributed by atoms with Crippen molar-refractivity contribution in [1.82, 2.24) is 10.2 Å². The minimum atomic E-state index is -0.282. The Morgan fingerprint density at radius 3 is 2.74 bits per heavy atom. The molecule has 0 aromatic heterocycles. The number of aliphatic hydroxyl groups excluding tert-OH is 1. The first-order valence-electron chi connectivity index (χ1n) is 8.99. The first-order chi connectivity index (χ1) is 11.2. The number of nitrogens with zero attached hydrogens (tertiary/aromatic N) is 1. The smallest absolute Gasteiger partial charge is 0.0715 e. The highest BCUT2D eigenvalue weighted by Gasteiger charge is 2.56. The van der Waals surface area contributed by atoms with E-state index in [-0.39, 0.29) is 12.1 Å². The monoisotopic (exact) mass is 314 g/mol. The molecule has 4 atom stereocenters. The van der Waals surface area contributed by atoms with E-state index in [1.807, 2.05) is 0 Å². The number of nitrogens with one attached hydrogen (secondary N) is 1. The zero-order chi connectivity index (χ0) is 16.3. The normalized spacial score (nSPS) is 34.3. The maximum atomic E-state index is 10.3. The van der Waals surface area contributed by atoms with Crippen molar-refractivity contribution in [3.63, 3.8) is 0 Å². The molecule has 0 aliphatic carbocycles. The Morgan fingerprint density at radius 2 is 2.04 bits per heavy atom. The van der Waals surface area contributed by atoms with Crippen molar-refractivity contribution in [2.75, 3.05) is 26.7 Å². The molecule has 0 radical (unpaired) electrons. The summed E-state index contributed by atoms with van der Waals surface area (Å²) in [5.74, 6) is 1.11. The standard InChI is InChI=1S/C20H30N2O/c1-3-4-5-9-12-19-17-13-22(2)14-18(17)20(15-23,21-19)16-10-7-6-8-11-16/h4-8,10-11,17-19,21,23H,3,9,12-15H2,1-2H3/b5-4-/t17-,18+,19-,20-/m1/s1. The van der Waals surface area contributed by atoms with Crippen LogP contribution in [0.25, 0.3) is 0 Å². The fourth-order valence-corrected chi connectivity index (χ4v) is 4.64. The van der Waals surface area contributed by atoms with E-state index in [1.54, 1.807) is 0 Å². The van der Waals surface area contributed by atoms with Gasteiger partial charge >= 0.3 is 0 Å². The summed E-state index contributed by atoms with van der Waals surface area (Å²) in [5.41, 5.74) is 0.954. The van der Waals surface area contributed by atoms with E-state index in [9.17, 15) is 5.11 Å². The fourth-order valence-electron chi connectivity index (χ4n) is 4.64. The van der Waals surface area contributed by atoms with Crippen LogP contribution in [0.5, 0.6) is 0 Å². The molecule has 2 aliphatic heterocycles. The van der Waals surface area contributed by atoms with Crippen molar-refractivity contribution in [2.45, 2.75) is 37.8 Å². The second-order valence-electron chi connectivity index (χ2n) is 7.19. The van der Waals surface area contributed by atoms with Crippen LogP contribution in [0.4, 0.5) is 0 Å². The van der Waals surface area contributed by atoms with Gasteiger partial charge in [-0.15, -0.1) is 0 Å². The van der Waals surface area contributed by atoms with Crippen LogP contribution in [-0.2, 0) is 5.54 Å². The topological polar surface area (TPSA) is 35.5 Å². The Balaban J connectivity index is 1.84. The van der Waals surface area contributed by atoms with Gasteiger partial charge in [0.05, 0.1) is 12.1 Å². The summed E-state index contributed by atoms with van der Waals surface area (Å²) >= 11 is 0. The summed E-state index contributed by atoms with van der Waals surface area (Å²) in [5, 5.41) is 14.2. The third-order valence-electron chi connectivity index (χ3n) is 5.73. The number of benzene rings is 1. The van der Waals surface area contributed by atoms with Crippen molar-refractivity contribution in [3.8, 4) is 0 Å². The molecule has 0 spiro atoms. The number of allylic oxidation sites excluding steroid dienone is 2. The lowest BCUT2D eigenvalue weighted by molar-refractivity contribution is 0.129. The molecule has 2 aliphatic rings. The zero-order valence-electron chi connectivity index (χ0n) is 14.4. The van der Waals surface area contributed by atoms with Crippen LogP contribution in [0.1, 0.15) is 31.7 Å². The number of aliphatic hydroxyl groups is 1. The van der Waals surface area contributed by atoms with Gasteiger partial charge in [-0.3, -0.25) is 0 Å². The van der Waals surface area contributed by atoms with Crippen molar-refractivity contribution in [1.29, 1.82) is 0 Å². The molecule has 1 aromatic carbocycles. The minimum absolute atomic E-state index is 0.174. The van der Waals surface area contributed by atoms with Crippen LogP contribution in [0.3, 0.4) is 0 Å². The highest BCUT2D eigenvalue weighted by Crippen LogP contribution is 2.47. The van der Waals surface area contributed by atoms with E-state index in [0.717, 1.165) is 32.4 Å². The summed E-state index contributed by atoms with van der Waals surface area (Å²) in [6.07, 6.45) is 7.94. The van der Waals surface area contributed by atoms with Gasteiger partial charge in [-0.25, -0.2) is 0 Å². The van der Waals surface area contributed by atoms with Gasteiger partial charge in [0.25, 0.3) is 0 Å². The molecule has 2 fully saturated rings. The lowest BCUT2D eigenvalue weighted by Crippen LogP contribution is -2.49. The number of hydrogen-bond donors (Lipinski definition) is 2. The van der Waals surface area contributed by atoms with Gasteiger partial charge in [0.2, 0.25) is 0 Å². The van der Waals surface area contributed by atoms with Crippen LogP contribution >= 0.6 is 0 Å². The average Bonchev–Trinajstić information content (AvgIpc) is 3.09. The molecular formula is C20H30N2O. The van der Waals surface area contributed by atoms with Gasteiger partial charge in [-0.2, -0.15) is 0 Å². The predicted molar refractivity (Wildman–Crippen MR) is 95.3 cm³/mol. The van der Waals surface area contributed by atoms with Crippen LogP contribution < -0.4 is 5.32 Å². The van der Waals surface area contributed by atoms with Gasteiger partial charge in [0.15, 0.2) is 0 Å². The number of likely N-dealkylation sites (tertiary alicyclic amines) is 1. The van der Waals surface area contributed by atoms with Crippen LogP contribution in [0, 0.1) is 11.8 Å². The van der Waals surface area contributed by atoms with Crippen molar-refractivity contribution in [2.24, 2.45) is 11.8 Å². The maximum absolute atomic E-state index is 10.3. The molecule has 2 heterocycles. The Hall–Kier alpha value is -1.16. The quantitative estimate of drug-likeness (QED) is 0.793. The summed E-state index contributed by atoms with van der Waals surface area (Å²) in [4.78, 5) is 2.43. The fraction of sp³-hybridized carbons (Fsp3) is 0.600. The molecule has 0 unspecified atom stereocenters. The first kappa shape index (κ1) is 16.7. The van der Waals surface area contributed by atoms with Gasteiger partial charge in [0, 0.05) is 25.0 Å². The zero-order valence-corrected chi connectivity index (χ0v) is 14.4.